The van der Waals surface area contributed by atoms with E-state index in [-0.39, 0.29) is 17.8 Å². The molecule has 2 amide bonds. The minimum atomic E-state index is -0.691. The van der Waals surface area contributed by atoms with Crippen LogP contribution in [0.1, 0.15) is 11.1 Å². The number of fused-ring (bicyclic) bond motifs is 4. The summed E-state index contributed by atoms with van der Waals surface area (Å²) in [5.41, 5.74) is 2.65. The molecule has 3 aromatic carbocycles. The zero-order valence-electron chi connectivity index (χ0n) is 24.0. The molecule has 10 heteroatoms. The number of alkyl halides is 1. The van der Waals surface area contributed by atoms with Gasteiger partial charge >= 0.3 is 6.09 Å². The maximum Gasteiger partial charge on any atom is 0.415 e. The van der Waals surface area contributed by atoms with Gasteiger partial charge in [0.25, 0.3) is 5.91 Å². The number of amides is 2. The van der Waals surface area contributed by atoms with E-state index in [0.717, 1.165) is 34.2 Å². The molecule has 2 heterocycles. The quantitative estimate of drug-likeness (QED) is 0.364. The highest BCUT2D eigenvalue weighted by Crippen LogP contribution is 2.44. The maximum atomic E-state index is 14.1. The van der Waals surface area contributed by atoms with Gasteiger partial charge < -0.3 is 34.2 Å². The number of hydrogen-bond acceptors (Lipinski definition) is 7. The van der Waals surface area contributed by atoms with Crippen LogP contribution in [-0.4, -0.2) is 94.3 Å². The Morgan fingerprint density at radius 3 is 2.59 bits per heavy atom. The van der Waals surface area contributed by atoms with Gasteiger partial charge in [-0.1, -0.05) is 24.3 Å². The zero-order valence-corrected chi connectivity index (χ0v) is 24.7. The van der Waals surface area contributed by atoms with Gasteiger partial charge in [0.1, 0.15) is 23.9 Å². The number of ether oxygens (including phenoxy) is 3. The molecule has 1 N–H and O–H groups in total. The largest absolute Gasteiger partial charge is 0.492 e. The SMILES string of the molecule is CNCCN(C)C(=O)Oc1cc2c(c3ccccc13)CC(CCl)N2C(=O)[C@@H]1Cc2cc(OCCN(C)C)ccc2O1. The predicted molar refractivity (Wildman–Crippen MR) is 161 cm³/mol. The molecular formula is C31H37ClN4O5. The normalized spacial score (nSPS) is 17.4. The van der Waals surface area contributed by atoms with E-state index in [4.69, 9.17) is 25.8 Å². The predicted octanol–water partition coefficient (Wildman–Crippen LogP) is 3.93. The van der Waals surface area contributed by atoms with Crippen LogP contribution in [0.25, 0.3) is 10.8 Å². The van der Waals surface area contributed by atoms with Crippen molar-refractivity contribution in [2.45, 2.75) is 25.0 Å². The van der Waals surface area contributed by atoms with Crippen LogP contribution < -0.4 is 24.4 Å². The second-order valence-electron chi connectivity index (χ2n) is 10.8. The summed E-state index contributed by atoms with van der Waals surface area (Å²) < 4.78 is 17.9. The van der Waals surface area contributed by atoms with Crippen molar-refractivity contribution in [3.05, 3.63) is 59.7 Å². The summed E-state index contributed by atoms with van der Waals surface area (Å²) in [6.07, 6.45) is -0.117. The fourth-order valence-corrected chi connectivity index (χ4v) is 5.59. The Labute approximate surface area is 245 Å². The molecule has 2 atom stereocenters. The number of benzene rings is 3. The van der Waals surface area contributed by atoms with Gasteiger partial charge in [-0.05, 0) is 56.7 Å². The Balaban J connectivity index is 1.41. The van der Waals surface area contributed by atoms with Crippen molar-refractivity contribution in [3.8, 4) is 17.2 Å². The lowest BCUT2D eigenvalue weighted by molar-refractivity contribution is -0.124. The third-order valence-corrected chi connectivity index (χ3v) is 7.93. The molecule has 3 aromatic rings. The van der Waals surface area contributed by atoms with Crippen LogP contribution in [0.2, 0.25) is 0 Å². The summed E-state index contributed by atoms with van der Waals surface area (Å²) in [6, 6.07) is 15.0. The number of hydrogen-bond donors (Lipinski definition) is 1. The van der Waals surface area contributed by atoms with Gasteiger partial charge in [0.15, 0.2) is 6.10 Å². The highest BCUT2D eigenvalue weighted by Gasteiger charge is 2.41. The van der Waals surface area contributed by atoms with E-state index in [9.17, 15) is 9.59 Å². The van der Waals surface area contributed by atoms with E-state index in [1.54, 1.807) is 18.0 Å². The summed E-state index contributed by atoms with van der Waals surface area (Å²) in [5, 5.41) is 4.78. The number of rotatable bonds is 10. The van der Waals surface area contributed by atoms with Crippen LogP contribution in [0.4, 0.5) is 10.5 Å². The first-order valence-electron chi connectivity index (χ1n) is 13.9. The molecule has 218 valence electrons. The average molecular weight is 581 g/mol. The lowest BCUT2D eigenvalue weighted by atomic mass is 10.0. The lowest BCUT2D eigenvalue weighted by Crippen LogP contribution is -2.46. The molecule has 9 nitrogen and oxygen atoms in total. The van der Waals surface area contributed by atoms with Gasteiger partial charge in [0.05, 0.1) is 11.7 Å². The number of nitrogens with one attached hydrogen (secondary N) is 1. The average Bonchev–Trinajstić information content (AvgIpc) is 3.56. The summed E-state index contributed by atoms with van der Waals surface area (Å²) in [5.74, 6) is 1.94. The van der Waals surface area contributed by atoms with Crippen molar-refractivity contribution in [1.82, 2.24) is 15.1 Å². The standard InChI is InChI=1S/C31H37ClN4O5/c1-33-11-12-35(4)31(38)41-28-18-26-25(23-7-5-6-8-24(23)28)17-21(19-32)36(26)30(37)29-16-20-15-22(9-10-27(20)40-29)39-14-13-34(2)3/h5-10,15,18,21,29,33H,11-14,16-17,19H2,1-4H3/t21?,29-/m0/s1. The molecule has 0 bridgehead atoms. The third-order valence-electron chi connectivity index (χ3n) is 7.57. The number of carbonyl (C=O) groups excluding carboxylic acids is 2. The van der Waals surface area contributed by atoms with Crippen LogP contribution in [0.3, 0.4) is 0 Å². The van der Waals surface area contributed by atoms with Gasteiger partial charge in [0, 0.05) is 56.0 Å². The Hall–Kier alpha value is -3.53. The number of carbonyl (C=O) groups is 2. The second kappa shape index (κ2) is 12.5. The number of anilines is 1. The molecular weight excluding hydrogens is 544 g/mol. The molecule has 2 aliphatic heterocycles. The number of halogens is 1. The van der Waals surface area contributed by atoms with Crippen LogP contribution in [-0.2, 0) is 17.6 Å². The molecule has 2 aliphatic rings. The summed E-state index contributed by atoms with van der Waals surface area (Å²) >= 11 is 6.44. The minimum absolute atomic E-state index is 0.167. The molecule has 0 spiro atoms. The van der Waals surface area contributed by atoms with Crippen molar-refractivity contribution in [3.63, 3.8) is 0 Å². The fraction of sp³-hybridized carbons (Fsp3) is 0.419. The van der Waals surface area contributed by atoms with E-state index >= 15 is 0 Å². The van der Waals surface area contributed by atoms with E-state index in [1.807, 2.05) is 63.6 Å². The van der Waals surface area contributed by atoms with Gasteiger partial charge in [-0.2, -0.15) is 0 Å². The molecule has 1 unspecified atom stereocenters. The van der Waals surface area contributed by atoms with Gasteiger partial charge in [-0.25, -0.2) is 4.79 Å². The van der Waals surface area contributed by atoms with Gasteiger partial charge in [-0.15, -0.1) is 11.6 Å². The molecule has 0 saturated carbocycles. The van der Waals surface area contributed by atoms with E-state index < -0.39 is 12.2 Å². The molecule has 0 fully saturated rings. The lowest BCUT2D eigenvalue weighted by Gasteiger charge is -2.27. The first-order valence-corrected chi connectivity index (χ1v) is 14.4. The Morgan fingerprint density at radius 2 is 1.85 bits per heavy atom. The number of nitrogens with zero attached hydrogens (tertiary/aromatic N) is 3. The highest BCUT2D eigenvalue weighted by molar-refractivity contribution is 6.19. The van der Waals surface area contributed by atoms with Crippen molar-refractivity contribution in [1.29, 1.82) is 0 Å². The van der Waals surface area contributed by atoms with Gasteiger partial charge in [0.2, 0.25) is 0 Å². The molecule has 41 heavy (non-hydrogen) atoms. The third kappa shape index (κ3) is 6.07. The van der Waals surface area contributed by atoms with E-state index in [2.05, 4.69) is 10.2 Å². The van der Waals surface area contributed by atoms with Crippen LogP contribution in [0.5, 0.6) is 17.2 Å². The Bertz CT molecular complexity index is 1430. The summed E-state index contributed by atoms with van der Waals surface area (Å²) in [7, 11) is 7.53. The molecule has 0 aromatic heterocycles. The maximum absolute atomic E-state index is 14.1. The first kappa shape index (κ1) is 29.0. The Kier molecular flexibility index (Phi) is 8.87. The van der Waals surface area contributed by atoms with Crippen molar-refractivity contribution in [2.24, 2.45) is 0 Å². The van der Waals surface area contributed by atoms with E-state index in [1.165, 1.54) is 4.90 Å². The molecule has 0 radical (unpaired) electrons. The monoisotopic (exact) mass is 580 g/mol. The highest BCUT2D eigenvalue weighted by atomic mass is 35.5. The van der Waals surface area contributed by atoms with Crippen molar-refractivity contribution < 1.29 is 23.8 Å². The second-order valence-corrected chi connectivity index (χ2v) is 11.1. The molecule has 0 aliphatic carbocycles. The van der Waals surface area contributed by atoms with Crippen LogP contribution >= 0.6 is 11.6 Å². The van der Waals surface area contributed by atoms with E-state index in [0.29, 0.717) is 49.7 Å². The zero-order chi connectivity index (χ0) is 29.1. The van der Waals surface area contributed by atoms with Crippen molar-refractivity contribution in [2.75, 3.05) is 65.2 Å². The Morgan fingerprint density at radius 1 is 1.07 bits per heavy atom. The summed E-state index contributed by atoms with van der Waals surface area (Å²) in [6.45, 7) is 2.52. The molecule has 5 rings (SSSR count). The number of likely N-dealkylation sites (N-methyl/N-ethyl adjacent to an activating group) is 3. The van der Waals surface area contributed by atoms with Crippen LogP contribution in [0.15, 0.2) is 48.5 Å². The smallest absolute Gasteiger partial charge is 0.415 e. The topological polar surface area (TPSA) is 83.6 Å². The minimum Gasteiger partial charge on any atom is -0.492 e. The summed E-state index contributed by atoms with van der Waals surface area (Å²) in [4.78, 5) is 32.3. The molecule has 0 saturated heterocycles. The van der Waals surface area contributed by atoms with Crippen molar-refractivity contribution >= 4 is 40.1 Å². The van der Waals surface area contributed by atoms with Crippen LogP contribution in [0, 0.1) is 0 Å². The fourth-order valence-electron chi connectivity index (χ4n) is 5.34. The first-order chi connectivity index (χ1) is 19.8. The van der Waals surface area contributed by atoms with Gasteiger partial charge in [-0.3, -0.25) is 4.79 Å².